The third-order valence-electron chi connectivity index (χ3n) is 4.00. The second kappa shape index (κ2) is 12.6. The minimum atomic E-state index is -0.633. The zero-order valence-electron chi connectivity index (χ0n) is 14.8. The molecule has 0 unspecified atom stereocenters. The fourth-order valence-corrected chi connectivity index (χ4v) is 3.07. The molecule has 1 rings (SSSR count). The van der Waals surface area contributed by atoms with E-state index in [-0.39, 0.29) is 26.6 Å². The van der Waals surface area contributed by atoms with E-state index in [2.05, 4.69) is 11.9 Å². The summed E-state index contributed by atoms with van der Waals surface area (Å²) in [4.78, 5) is 15.9. The van der Waals surface area contributed by atoms with Crippen molar-refractivity contribution in [2.75, 3.05) is 12.3 Å². The van der Waals surface area contributed by atoms with Crippen molar-refractivity contribution in [1.29, 1.82) is 0 Å². The van der Waals surface area contributed by atoms with E-state index in [4.69, 9.17) is 45.3 Å². The molecule has 0 spiro atoms. The lowest BCUT2D eigenvalue weighted by Gasteiger charge is -2.09. The molecule has 142 valence electrons. The minimum absolute atomic E-state index is 0.0255. The van der Waals surface area contributed by atoms with E-state index in [1.54, 1.807) is 0 Å². The highest BCUT2D eigenvalue weighted by Crippen LogP contribution is 2.34. The molecule has 0 bridgehead atoms. The minimum Gasteiger partial charge on any atom is -0.461 e. The Morgan fingerprint density at radius 1 is 0.920 bits per heavy atom. The first kappa shape index (κ1) is 22.3. The highest BCUT2D eigenvalue weighted by atomic mass is 35.5. The maximum atomic E-state index is 12.0. The number of hydrogen-bond acceptors (Lipinski definition) is 4. The predicted molar refractivity (Wildman–Crippen MR) is 106 cm³/mol. The van der Waals surface area contributed by atoms with Gasteiger partial charge in [0.25, 0.3) is 0 Å². The molecule has 0 atom stereocenters. The van der Waals surface area contributed by atoms with Gasteiger partial charge in [-0.3, -0.25) is 0 Å². The molecule has 0 fully saturated rings. The van der Waals surface area contributed by atoms with Crippen molar-refractivity contribution < 1.29 is 9.53 Å². The van der Waals surface area contributed by atoms with E-state index >= 15 is 0 Å². The van der Waals surface area contributed by atoms with Crippen molar-refractivity contribution in [3.63, 3.8) is 0 Å². The smallest absolute Gasteiger partial charge is 0.358 e. The van der Waals surface area contributed by atoms with Gasteiger partial charge in [0.15, 0.2) is 10.8 Å². The third kappa shape index (κ3) is 8.02. The first-order valence-electron chi connectivity index (χ1n) is 8.96. The van der Waals surface area contributed by atoms with E-state index in [0.717, 1.165) is 19.3 Å². The molecular weight excluding hydrogens is 383 g/mol. The van der Waals surface area contributed by atoms with Crippen LogP contribution in [-0.4, -0.2) is 17.6 Å². The van der Waals surface area contributed by atoms with Gasteiger partial charge in [-0.1, -0.05) is 99.5 Å². The number of esters is 1. The summed E-state index contributed by atoms with van der Waals surface area (Å²) in [6.45, 7) is 2.56. The van der Waals surface area contributed by atoms with Gasteiger partial charge >= 0.3 is 5.97 Å². The number of nitrogens with two attached hydrogens (primary N) is 1. The van der Waals surface area contributed by atoms with E-state index < -0.39 is 5.97 Å². The fraction of sp³-hybridized carbons (Fsp3) is 0.667. The van der Waals surface area contributed by atoms with Gasteiger partial charge in [-0.2, -0.15) is 0 Å². The van der Waals surface area contributed by atoms with E-state index in [1.807, 2.05) is 0 Å². The second-order valence-electron chi connectivity index (χ2n) is 6.11. The number of carbonyl (C=O) groups is 1. The summed E-state index contributed by atoms with van der Waals surface area (Å²) in [5.74, 6) is -0.633. The zero-order chi connectivity index (χ0) is 18.7. The topological polar surface area (TPSA) is 65.2 Å². The van der Waals surface area contributed by atoms with Crippen molar-refractivity contribution in [2.45, 2.75) is 71.1 Å². The van der Waals surface area contributed by atoms with Gasteiger partial charge in [0.05, 0.1) is 17.3 Å². The molecule has 4 nitrogen and oxygen atoms in total. The molecule has 2 N–H and O–H groups in total. The number of unbranched alkanes of at least 4 members (excludes halogenated alkanes) is 9. The first-order chi connectivity index (χ1) is 12.0. The summed E-state index contributed by atoms with van der Waals surface area (Å²) in [5, 5.41) is -0.0464. The summed E-state index contributed by atoms with van der Waals surface area (Å²) in [5.41, 5.74) is 5.63. The number of ether oxygens (including phenoxy) is 1. The van der Waals surface area contributed by atoms with Crippen LogP contribution in [0.4, 0.5) is 5.69 Å². The van der Waals surface area contributed by atoms with Gasteiger partial charge in [-0.15, -0.1) is 0 Å². The Morgan fingerprint density at radius 2 is 1.44 bits per heavy atom. The quantitative estimate of drug-likeness (QED) is 0.237. The summed E-state index contributed by atoms with van der Waals surface area (Å²) in [6.07, 6.45) is 12.2. The average Bonchev–Trinajstić information content (AvgIpc) is 2.60. The molecule has 0 saturated heterocycles. The van der Waals surface area contributed by atoms with Gasteiger partial charge in [0.2, 0.25) is 0 Å². The van der Waals surface area contributed by atoms with Crippen LogP contribution in [0.3, 0.4) is 0 Å². The molecule has 7 heteroatoms. The standard InChI is InChI=1S/C18H27Cl3N2O2/c1-2-3-4-5-6-7-8-9-10-11-12-25-18(24)16-13(19)15(22)14(20)17(21)23-16/h2-12H2,1H3,(H2,22,23). The van der Waals surface area contributed by atoms with Gasteiger partial charge in [0, 0.05) is 0 Å². The summed E-state index contributed by atoms with van der Waals surface area (Å²) >= 11 is 17.6. The average molecular weight is 410 g/mol. The molecule has 0 radical (unpaired) electrons. The summed E-state index contributed by atoms with van der Waals surface area (Å²) < 4.78 is 5.19. The van der Waals surface area contributed by atoms with Crippen molar-refractivity contribution in [1.82, 2.24) is 4.98 Å². The Kier molecular flexibility index (Phi) is 11.3. The number of rotatable bonds is 12. The van der Waals surface area contributed by atoms with Gasteiger partial charge in [-0.25, -0.2) is 9.78 Å². The third-order valence-corrected chi connectivity index (χ3v) is 5.13. The first-order valence-corrected chi connectivity index (χ1v) is 10.1. The van der Waals surface area contributed by atoms with Crippen molar-refractivity contribution in [3.8, 4) is 0 Å². The van der Waals surface area contributed by atoms with E-state index in [0.29, 0.717) is 6.61 Å². The van der Waals surface area contributed by atoms with Crippen molar-refractivity contribution in [2.24, 2.45) is 0 Å². The lowest BCUT2D eigenvalue weighted by Crippen LogP contribution is -2.11. The van der Waals surface area contributed by atoms with Gasteiger partial charge in [-0.05, 0) is 6.42 Å². The molecule has 0 aliphatic rings. The van der Waals surface area contributed by atoms with Gasteiger partial charge < -0.3 is 10.5 Å². The Hall–Kier alpha value is -0.710. The van der Waals surface area contributed by atoms with Crippen LogP contribution >= 0.6 is 34.8 Å². The van der Waals surface area contributed by atoms with Gasteiger partial charge in [0.1, 0.15) is 5.02 Å². The maximum Gasteiger partial charge on any atom is 0.358 e. The number of hydrogen-bond donors (Lipinski definition) is 1. The van der Waals surface area contributed by atoms with Crippen LogP contribution in [0.25, 0.3) is 0 Å². The number of pyridine rings is 1. The highest BCUT2D eigenvalue weighted by molar-refractivity contribution is 6.46. The number of nitrogen functional groups attached to an aromatic ring is 1. The molecule has 1 aromatic heterocycles. The SMILES string of the molecule is CCCCCCCCCCCCOC(=O)c1nc(Cl)c(Cl)c(N)c1Cl. The van der Waals surface area contributed by atoms with Crippen LogP contribution in [0, 0.1) is 0 Å². The molecule has 0 aliphatic carbocycles. The van der Waals surface area contributed by atoms with E-state index in [9.17, 15) is 4.79 Å². The number of aromatic nitrogens is 1. The Balaban J connectivity index is 2.18. The zero-order valence-corrected chi connectivity index (χ0v) is 17.0. The summed E-state index contributed by atoms with van der Waals surface area (Å²) in [7, 11) is 0. The van der Waals surface area contributed by atoms with Crippen LogP contribution < -0.4 is 5.73 Å². The van der Waals surface area contributed by atoms with E-state index in [1.165, 1.54) is 44.9 Å². The molecule has 1 heterocycles. The van der Waals surface area contributed by atoms with Crippen molar-refractivity contribution in [3.05, 3.63) is 20.9 Å². The molecule has 0 aromatic carbocycles. The fourth-order valence-electron chi connectivity index (χ4n) is 2.49. The molecule has 1 aromatic rings. The number of anilines is 1. The molecule has 0 saturated carbocycles. The lowest BCUT2D eigenvalue weighted by atomic mass is 10.1. The molecule has 0 aliphatic heterocycles. The molecule has 0 amide bonds. The maximum absolute atomic E-state index is 12.0. The molecule has 25 heavy (non-hydrogen) atoms. The van der Waals surface area contributed by atoms with Crippen LogP contribution in [0.2, 0.25) is 15.2 Å². The second-order valence-corrected chi connectivity index (χ2v) is 7.22. The number of carbonyl (C=O) groups excluding carboxylic acids is 1. The van der Waals surface area contributed by atoms with Crippen LogP contribution in [-0.2, 0) is 4.74 Å². The lowest BCUT2D eigenvalue weighted by molar-refractivity contribution is 0.0491. The monoisotopic (exact) mass is 408 g/mol. The van der Waals surface area contributed by atoms with Crippen LogP contribution in [0.15, 0.2) is 0 Å². The Bertz CT molecular complexity index is 554. The normalized spacial score (nSPS) is 10.9. The van der Waals surface area contributed by atoms with Crippen LogP contribution in [0.5, 0.6) is 0 Å². The highest BCUT2D eigenvalue weighted by Gasteiger charge is 2.20. The summed E-state index contributed by atoms with van der Waals surface area (Å²) in [6, 6.07) is 0. The largest absolute Gasteiger partial charge is 0.461 e. The number of nitrogens with zero attached hydrogens (tertiary/aromatic N) is 1. The predicted octanol–water partition coefficient (Wildman–Crippen LogP) is 6.70. The Labute approximate surface area is 165 Å². The van der Waals surface area contributed by atoms with Crippen molar-refractivity contribution >= 4 is 46.5 Å². The molecular formula is C18H27Cl3N2O2. The Morgan fingerprint density at radius 3 is 2.00 bits per heavy atom. The number of halogens is 3. The van der Waals surface area contributed by atoms with Crippen LogP contribution in [0.1, 0.15) is 81.6 Å².